The van der Waals surface area contributed by atoms with Crippen LogP contribution in [-0.4, -0.2) is 37.0 Å². The van der Waals surface area contributed by atoms with Crippen molar-refractivity contribution in [2.75, 3.05) is 23.3 Å². The summed E-state index contributed by atoms with van der Waals surface area (Å²) in [5, 5.41) is 5.77. The Hall–Kier alpha value is -1.50. The fourth-order valence-electron chi connectivity index (χ4n) is 3.00. The van der Waals surface area contributed by atoms with Gasteiger partial charge in [-0.05, 0) is 51.3 Å². The van der Waals surface area contributed by atoms with Crippen LogP contribution in [0.5, 0.6) is 0 Å². The van der Waals surface area contributed by atoms with Crippen molar-refractivity contribution in [3.63, 3.8) is 0 Å². The van der Waals surface area contributed by atoms with Crippen LogP contribution in [0.25, 0.3) is 0 Å². The molecule has 2 atom stereocenters. The van der Waals surface area contributed by atoms with Gasteiger partial charge in [-0.2, -0.15) is 0 Å². The SMILES string of the molecule is CC(N)CCC(=O)NC(C)CC(=O)Nc1cccc(N2CCCC2)c1.Cl.Cl. The summed E-state index contributed by atoms with van der Waals surface area (Å²) in [4.78, 5) is 26.3. The van der Waals surface area contributed by atoms with Crippen molar-refractivity contribution in [3.8, 4) is 0 Å². The molecule has 6 nitrogen and oxygen atoms in total. The van der Waals surface area contributed by atoms with Crippen LogP contribution in [0.1, 0.15) is 46.0 Å². The Morgan fingerprint density at radius 3 is 2.44 bits per heavy atom. The van der Waals surface area contributed by atoms with Crippen molar-refractivity contribution >= 4 is 48.0 Å². The highest BCUT2D eigenvalue weighted by molar-refractivity contribution is 5.92. The first-order chi connectivity index (χ1) is 11.9. The number of carbonyl (C=O) groups excluding carboxylic acids is 2. The standard InChI is InChI=1S/C19H30N4O2.2ClH/c1-14(20)8-9-18(24)21-15(2)12-19(25)22-16-6-5-7-17(13-16)23-10-3-4-11-23;;/h5-7,13-15H,3-4,8-12,20H2,1-2H3,(H,21,24)(H,22,25);2*1H. The van der Waals surface area contributed by atoms with Crippen molar-refractivity contribution in [2.24, 2.45) is 5.73 Å². The molecule has 2 amide bonds. The molecule has 0 saturated carbocycles. The Labute approximate surface area is 174 Å². The van der Waals surface area contributed by atoms with Crippen LogP contribution in [0.4, 0.5) is 11.4 Å². The summed E-state index contributed by atoms with van der Waals surface area (Å²) in [6.07, 6.45) is 3.72. The molecule has 4 N–H and O–H groups in total. The third-order valence-corrected chi connectivity index (χ3v) is 4.33. The number of nitrogens with two attached hydrogens (primary N) is 1. The van der Waals surface area contributed by atoms with Crippen LogP contribution in [0, 0.1) is 0 Å². The van der Waals surface area contributed by atoms with Gasteiger partial charge >= 0.3 is 0 Å². The van der Waals surface area contributed by atoms with E-state index >= 15 is 0 Å². The fraction of sp³-hybridized carbons (Fsp3) is 0.579. The fourth-order valence-corrected chi connectivity index (χ4v) is 3.00. The van der Waals surface area contributed by atoms with Crippen molar-refractivity contribution in [3.05, 3.63) is 24.3 Å². The number of benzene rings is 1. The third kappa shape index (κ3) is 9.31. The molecule has 0 spiro atoms. The lowest BCUT2D eigenvalue weighted by Crippen LogP contribution is -2.36. The summed E-state index contributed by atoms with van der Waals surface area (Å²) < 4.78 is 0. The number of amides is 2. The van der Waals surface area contributed by atoms with Crippen molar-refractivity contribution in [1.82, 2.24) is 5.32 Å². The quantitative estimate of drug-likeness (QED) is 0.604. The predicted molar refractivity (Wildman–Crippen MR) is 116 cm³/mol. The molecule has 1 aliphatic heterocycles. The maximum Gasteiger partial charge on any atom is 0.226 e. The molecule has 0 radical (unpaired) electrons. The Morgan fingerprint density at radius 2 is 1.81 bits per heavy atom. The van der Waals surface area contributed by atoms with Gasteiger partial charge in [-0.15, -0.1) is 24.8 Å². The summed E-state index contributed by atoms with van der Waals surface area (Å²) in [7, 11) is 0. The number of carbonyl (C=O) groups is 2. The normalized spacial score (nSPS) is 15.1. The molecule has 0 bridgehead atoms. The summed E-state index contributed by atoms with van der Waals surface area (Å²) in [6.45, 7) is 5.86. The number of hydrogen-bond donors (Lipinski definition) is 3. The second-order valence-corrected chi connectivity index (χ2v) is 6.98. The summed E-state index contributed by atoms with van der Waals surface area (Å²) in [5.41, 5.74) is 7.59. The van der Waals surface area contributed by atoms with Gasteiger partial charge in [0, 0.05) is 49.4 Å². The topological polar surface area (TPSA) is 87.5 Å². The molecule has 0 aliphatic carbocycles. The van der Waals surface area contributed by atoms with E-state index in [0.717, 1.165) is 24.5 Å². The molecule has 1 aliphatic rings. The second-order valence-electron chi connectivity index (χ2n) is 6.98. The number of anilines is 2. The zero-order chi connectivity index (χ0) is 18.2. The molecule has 1 heterocycles. The van der Waals surface area contributed by atoms with Gasteiger partial charge in [0.15, 0.2) is 0 Å². The largest absolute Gasteiger partial charge is 0.371 e. The molecule has 154 valence electrons. The van der Waals surface area contributed by atoms with Crippen molar-refractivity contribution < 1.29 is 9.59 Å². The molecule has 27 heavy (non-hydrogen) atoms. The highest BCUT2D eigenvalue weighted by Crippen LogP contribution is 2.23. The van der Waals surface area contributed by atoms with E-state index in [1.54, 1.807) is 0 Å². The zero-order valence-electron chi connectivity index (χ0n) is 16.1. The van der Waals surface area contributed by atoms with Gasteiger partial charge < -0.3 is 21.3 Å². The predicted octanol–water partition coefficient (Wildman–Crippen LogP) is 3.09. The van der Waals surface area contributed by atoms with E-state index in [9.17, 15) is 9.59 Å². The Balaban J connectivity index is 0.00000338. The molecule has 8 heteroatoms. The number of hydrogen-bond acceptors (Lipinski definition) is 4. The smallest absolute Gasteiger partial charge is 0.226 e. The van der Waals surface area contributed by atoms with Crippen LogP contribution >= 0.6 is 24.8 Å². The van der Waals surface area contributed by atoms with E-state index in [0.29, 0.717) is 12.8 Å². The number of nitrogens with one attached hydrogen (secondary N) is 2. The monoisotopic (exact) mass is 418 g/mol. The summed E-state index contributed by atoms with van der Waals surface area (Å²) in [5.74, 6) is -0.160. The molecular formula is C19H32Cl2N4O2. The minimum absolute atomic E-state index is 0. The van der Waals surface area contributed by atoms with Crippen LogP contribution < -0.4 is 21.3 Å². The summed E-state index contributed by atoms with van der Waals surface area (Å²) in [6, 6.07) is 7.73. The first-order valence-corrected chi connectivity index (χ1v) is 9.14. The van der Waals surface area contributed by atoms with Gasteiger partial charge in [0.1, 0.15) is 0 Å². The van der Waals surface area contributed by atoms with Crippen LogP contribution in [-0.2, 0) is 9.59 Å². The van der Waals surface area contributed by atoms with Gasteiger partial charge in [-0.3, -0.25) is 9.59 Å². The van der Waals surface area contributed by atoms with E-state index < -0.39 is 0 Å². The van der Waals surface area contributed by atoms with Crippen molar-refractivity contribution in [1.29, 1.82) is 0 Å². The summed E-state index contributed by atoms with van der Waals surface area (Å²) >= 11 is 0. The van der Waals surface area contributed by atoms with Crippen LogP contribution in [0.15, 0.2) is 24.3 Å². The van der Waals surface area contributed by atoms with Gasteiger partial charge in [-0.25, -0.2) is 0 Å². The van der Waals surface area contributed by atoms with E-state index in [-0.39, 0.29) is 55.1 Å². The Morgan fingerprint density at radius 1 is 1.15 bits per heavy atom. The average molecular weight is 419 g/mol. The number of rotatable bonds is 8. The maximum absolute atomic E-state index is 12.2. The minimum atomic E-state index is -0.206. The van der Waals surface area contributed by atoms with Gasteiger partial charge in [-0.1, -0.05) is 6.07 Å². The molecule has 1 saturated heterocycles. The van der Waals surface area contributed by atoms with Gasteiger partial charge in [0.2, 0.25) is 11.8 Å². The molecule has 1 aromatic rings. The number of nitrogens with zero attached hydrogens (tertiary/aromatic N) is 1. The van der Waals surface area contributed by atoms with Crippen molar-refractivity contribution in [2.45, 2.75) is 58.0 Å². The van der Waals surface area contributed by atoms with Gasteiger partial charge in [0.05, 0.1) is 0 Å². The Bertz CT molecular complexity index is 593. The van der Waals surface area contributed by atoms with Crippen LogP contribution in [0.3, 0.4) is 0 Å². The molecule has 2 unspecified atom stereocenters. The average Bonchev–Trinajstić information content (AvgIpc) is 3.07. The minimum Gasteiger partial charge on any atom is -0.371 e. The molecule has 2 rings (SSSR count). The molecule has 1 fully saturated rings. The van der Waals surface area contributed by atoms with Gasteiger partial charge in [0.25, 0.3) is 0 Å². The molecular weight excluding hydrogens is 387 g/mol. The van der Waals surface area contributed by atoms with E-state index in [2.05, 4.69) is 21.6 Å². The highest BCUT2D eigenvalue weighted by Gasteiger charge is 2.15. The highest BCUT2D eigenvalue weighted by atomic mass is 35.5. The lowest BCUT2D eigenvalue weighted by molar-refractivity contribution is -0.122. The first-order valence-electron chi connectivity index (χ1n) is 9.14. The number of halogens is 2. The molecule has 1 aromatic carbocycles. The first kappa shape index (κ1) is 25.5. The third-order valence-electron chi connectivity index (χ3n) is 4.33. The zero-order valence-corrected chi connectivity index (χ0v) is 17.7. The Kier molecular flexibility index (Phi) is 12.1. The lowest BCUT2D eigenvalue weighted by atomic mass is 10.1. The molecule has 0 aromatic heterocycles. The van der Waals surface area contributed by atoms with Crippen LogP contribution in [0.2, 0.25) is 0 Å². The van der Waals surface area contributed by atoms with E-state index in [1.807, 2.05) is 32.0 Å². The van der Waals surface area contributed by atoms with E-state index in [4.69, 9.17) is 5.73 Å². The maximum atomic E-state index is 12.2. The second kappa shape index (κ2) is 12.8. The lowest BCUT2D eigenvalue weighted by Gasteiger charge is -2.19. The van der Waals surface area contributed by atoms with E-state index in [1.165, 1.54) is 12.8 Å².